The van der Waals surface area contributed by atoms with Gasteiger partial charge in [0.15, 0.2) is 0 Å². The molecule has 0 radical (unpaired) electrons. The van der Waals surface area contributed by atoms with Crippen molar-refractivity contribution in [3.63, 3.8) is 0 Å². The zero-order chi connectivity index (χ0) is 22.9. The van der Waals surface area contributed by atoms with E-state index in [1.54, 1.807) is 29.2 Å². The summed E-state index contributed by atoms with van der Waals surface area (Å²) < 4.78 is 1.92. The SMILES string of the molecule is Cn1cccc1CC(=O)Nc1ccc(N2C(=O)CC(=O)Nc3c2ccc2c3CCCC2)cc1. The number of amides is 3. The molecule has 168 valence electrons. The predicted octanol–water partition coefficient (Wildman–Crippen LogP) is 4.09. The average Bonchev–Trinajstić information content (AvgIpc) is 3.14. The third kappa shape index (κ3) is 4.14. The van der Waals surface area contributed by atoms with Crippen LogP contribution in [0.2, 0.25) is 0 Å². The summed E-state index contributed by atoms with van der Waals surface area (Å²) in [5, 5.41) is 5.89. The largest absolute Gasteiger partial charge is 0.354 e. The van der Waals surface area contributed by atoms with Gasteiger partial charge in [0.2, 0.25) is 17.7 Å². The van der Waals surface area contributed by atoms with Crippen LogP contribution in [0.15, 0.2) is 54.7 Å². The van der Waals surface area contributed by atoms with E-state index in [0.717, 1.165) is 42.6 Å². The quantitative estimate of drug-likeness (QED) is 0.597. The summed E-state index contributed by atoms with van der Waals surface area (Å²) in [4.78, 5) is 39.5. The van der Waals surface area contributed by atoms with Crippen LogP contribution in [0, 0.1) is 0 Å². The Morgan fingerprint density at radius 1 is 1.03 bits per heavy atom. The fourth-order valence-corrected chi connectivity index (χ4v) is 4.70. The lowest BCUT2D eigenvalue weighted by molar-refractivity contribution is -0.124. The summed E-state index contributed by atoms with van der Waals surface area (Å²) in [5.74, 6) is -0.669. The van der Waals surface area contributed by atoms with Crippen LogP contribution >= 0.6 is 0 Å². The number of nitrogens with zero attached hydrogens (tertiary/aromatic N) is 2. The van der Waals surface area contributed by atoms with Gasteiger partial charge in [0.25, 0.3) is 0 Å². The van der Waals surface area contributed by atoms with Crippen molar-refractivity contribution in [3.8, 4) is 0 Å². The molecule has 33 heavy (non-hydrogen) atoms. The Balaban J connectivity index is 1.42. The molecule has 1 aliphatic heterocycles. The normalized spacial score (nSPS) is 15.4. The molecule has 0 unspecified atom stereocenters. The molecular formula is C26H26N4O3. The topological polar surface area (TPSA) is 83.4 Å². The monoisotopic (exact) mass is 442 g/mol. The van der Waals surface area contributed by atoms with Gasteiger partial charge in [-0.2, -0.15) is 0 Å². The van der Waals surface area contributed by atoms with E-state index in [9.17, 15) is 14.4 Å². The van der Waals surface area contributed by atoms with Crippen LogP contribution < -0.4 is 15.5 Å². The lowest BCUT2D eigenvalue weighted by atomic mass is 9.89. The minimum Gasteiger partial charge on any atom is -0.354 e. The highest BCUT2D eigenvalue weighted by atomic mass is 16.2. The maximum Gasteiger partial charge on any atom is 0.241 e. The van der Waals surface area contributed by atoms with Crippen LogP contribution in [0.25, 0.3) is 0 Å². The van der Waals surface area contributed by atoms with Gasteiger partial charge in [0.1, 0.15) is 6.42 Å². The number of hydrogen-bond acceptors (Lipinski definition) is 3. The molecule has 0 fully saturated rings. The molecule has 2 heterocycles. The summed E-state index contributed by atoms with van der Waals surface area (Å²) in [7, 11) is 1.91. The van der Waals surface area contributed by atoms with Crippen molar-refractivity contribution >= 4 is 40.5 Å². The molecule has 3 amide bonds. The van der Waals surface area contributed by atoms with Gasteiger partial charge in [0, 0.05) is 30.3 Å². The average molecular weight is 443 g/mol. The van der Waals surface area contributed by atoms with Crippen molar-refractivity contribution < 1.29 is 14.4 Å². The van der Waals surface area contributed by atoms with Gasteiger partial charge >= 0.3 is 0 Å². The zero-order valence-electron chi connectivity index (χ0n) is 18.6. The van der Waals surface area contributed by atoms with Crippen LogP contribution in [0.3, 0.4) is 0 Å². The number of aryl methyl sites for hydroxylation is 2. The van der Waals surface area contributed by atoms with Crippen molar-refractivity contribution in [2.24, 2.45) is 7.05 Å². The molecule has 2 aliphatic rings. The highest BCUT2D eigenvalue weighted by Crippen LogP contribution is 2.41. The maximum atomic E-state index is 13.0. The smallest absolute Gasteiger partial charge is 0.241 e. The fraction of sp³-hybridized carbons (Fsp3) is 0.269. The van der Waals surface area contributed by atoms with E-state index in [-0.39, 0.29) is 30.6 Å². The lowest BCUT2D eigenvalue weighted by Gasteiger charge is -2.26. The Labute approximate surface area is 192 Å². The second-order valence-electron chi connectivity index (χ2n) is 8.64. The van der Waals surface area contributed by atoms with Gasteiger partial charge in [-0.3, -0.25) is 19.3 Å². The van der Waals surface area contributed by atoms with Crippen LogP contribution in [0.5, 0.6) is 0 Å². The van der Waals surface area contributed by atoms with E-state index in [2.05, 4.69) is 16.7 Å². The summed E-state index contributed by atoms with van der Waals surface area (Å²) in [6.07, 6.45) is 6.07. The molecule has 0 spiro atoms. The number of carbonyl (C=O) groups excluding carboxylic acids is 3. The van der Waals surface area contributed by atoms with E-state index in [1.165, 1.54) is 5.56 Å². The molecule has 7 nitrogen and oxygen atoms in total. The number of fused-ring (bicyclic) bond motifs is 3. The number of carbonyl (C=O) groups is 3. The fourth-order valence-electron chi connectivity index (χ4n) is 4.70. The molecular weight excluding hydrogens is 416 g/mol. The van der Waals surface area contributed by atoms with E-state index in [4.69, 9.17) is 0 Å². The third-order valence-corrected chi connectivity index (χ3v) is 6.38. The predicted molar refractivity (Wildman–Crippen MR) is 128 cm³/mol. The summed E-state index contributed by atoms with van der Waals surface area (Å²) >= 11 is 0. The molecule has 1 aliphatic carbocycles. The number of hydrogen-bond donors (Lipinski definition) is 2. The molecule has 2 N–H and O–H groups in total. The first-order valence-electron chi connectivity index (χ1n) is 11.3. The first-order valence-corrected chi connectivity index (χ1v) is 11.3. The Morgan fingerprint density at radius 3 is 2.58 bits per heavy atom. The number of rotatable bonds is 4. The number of benzene rings is 2. The van der Waals surface area contributed by atoms with Crippen molar-refractivity contribution in [2.45, 2.75) is 38.5 Å². The highest BCUT2D eigenvalue weighted by Gasteiger charge is 2.30. The molecule has 0 bridgehead atoms. The van der Waals surface area contributed by atoms with Crippen molar-refractivity contribution in [3.05, 3.63) is 71.5 Å². The molecule has 5 rings (SSSR count). The third-order valence-electron chi connectivity index (χ3n) is 6.38. The number of nitrogens with one attached hydrogen (secondary N) is 2. The standard InChI is InChI=1S/C26H26N4O3/c1-29-14-4-6-20(29)15-23(31)27-18-9-11-19(12-10-18)30-22-13-8-17-5-2-3-7-21(17)26(22)28-24(32)16-25(30)33/h4,6,8-14H,2-3,5,7,15-16H2,1H3,(H,27,31)(H,28,32). The Kier molecular flexibility index (Phi) is 5.46. The maximum absolute atomic E-state index is 13.0. The van der Waals surface area contributed by atoms with Gasteiger partial charge in [-0.15, -0.1) is 0 Å². The second kappa shape index (κ2) is 8.58. The van der Waals surface area contributed by atoms with Gasteiger partial charge < -0.3 is 15.2 Å². The van der Waals surface area contributed by atoms with Crippen LogP contribution in [-0.2, 0) is 40.7 Å². The van der Waals surface area contributed by atoms with Crippen LogP contribution in [0.4, 0.5) is 22.7 Å². The first kappa shape index (κ1) is 21.0. The molecule has 0 saturated carbocycles. The molecule has 0 saturated heterocycles. The summed E-state index contributed by atoms with van der Waals surface area (Å²) in [6.45, 7) is 0. The Hall–Kier alpha value is -3.87. The molecule has 1 aromatic heterocycles. The van der Waals surface area contributed by atoms with Crippen molar-refractivity contribution in [1.82, 2.24) is 4.57 Å². The molecule has 0 atom stereocenters. The van der Waals surface area contributed by atoms with Crippen molar-refractivity contribution in [2.75, 3.05) is 15.5 Å². The van der Waals surface area contributed by atoms with E-state index >= 15 is 0 Å². The van der Waals surface area contributed by atoms with E-state index in [0.29, 0.717) is 17.1 Å². The summed E-state index contributed by atoms with van der Waals surface area (Å²) in [5.41, 5.74) is 6.07. The van der Waals surface area contributed by atoms with Gasteiger partial charge in [-0.05, 0) is 79.3 Å². The highest BCUT2D eigenvalue weighted by molar-refractivity contribution is 6.17. The van der Waals surface area contributed by atoms with Gasteiger partial charge in [0.05, 0.1) is 17.8 Å². The zero-order valence-corrected chi connectivity index (χ0v) is 18.6. The lowest BCUT2D eigenvalue weighted by Crippen LogP contribution is -2.26. The van der Waals surface area contributed by atoms with Crippen LogP contribution in [0.1, 0.15) is 36.1 Å². The second-order valence-corrected chi connectivity index (χ2v) is 8.64. The minimum atomic E-state index is -0.285. The van der Waals surface area contributed by atoms with Crippen molar-refractivity contribution in [1.29, 1.82) is 0 Å². The Morgan fingerprint density at radius 2 is 1.82 bits per heavy atom. The van der Waals surface area contributed by atoms with E-state index in [1.807, 2.05) is 36.0 Å². The molecule has 2 aromatic carbocycles. The number of aromatic nitrogens is 1. The summed E-state index contributed by atoms with van der Waals surface area (Å²) in [6, 6.07) is 15.0. The van der Waals surface area contributed by atoms with E-state index < -0.39 is 0 Å². The molecule has 7 heteroatoms. The Bertz CT molecular complexity index is 1240. The van der Waals surface area contributed by atoms with Gasteiger partial charge in [-0.1, -0.05) is 6.07 Å². The molecule has 3 aromatic rings. The van der Waals surface area contributed by atoms with Crippen LogP contribution in [-0.4, -0.2) is 22.3 Å². The van der Waals surface area contributed by atoms with Gasteiger partial charge in [-0.25, -0.2) is 0 Å². The minimum absolute atomic E-state index is 0.109. The first-order chi connectivity index (χ1) is 16.0. The number of anilines is 4.